The number of benzene rings is 3. The van der Waals surface area contributed by atoms with E-state index in [0.717, 1.165) is 5.56 Å². The highest BCUT2D eigenvalue weighted by molar-refractivity contribution is 7.89. The predicted molar refractivity (Wildman–Crippen MR) is 122 cm³/mol. The molecule has 3 aromatic carbocycles. The maximum Gasteiger partial charge on any atom is 0.416 e. The summed E-state index contributed by atoms with van der Waals surface area (Å²) in [5.74, 6) is -0.979. The van der Waals surface area contributed by atoms with Crippen molar-refractivity contribution in [2.75, 3.05) is 11.9 Å². The van der Waals surface area contributed by atoms with Crippen LogP contribution in [0.5, 0.6) is 5.75 Å². The van der Waals surface area contributed by atoms with Crippen molar-refractivity contribution in [1.82, 2.24) is 4.72 Å². The molecule has 6 nitrogen and oxygen atoms in total. The van der Waals surface area contributed by atoms with Crippen LogP contribution in [0.1, 0.15) is 29.7 Å². The molecule has 0 spiro atoms. The first kappa shape index (κ1) is 28.0. The summed E-state index contributed by atoms with van der Waals surface area (Å²) in [4.78, 5) is 12.0. The minimum atomic E-state index is -5.06. The average Bonchev–Trinajstić information content (AvgIpc) is 2.82. The van der Waals surface area contributed by atoms with Crippen molar-refractivity contribution in [3.8, 4) is 5.75 Å². The molecule has 0 radical (unpaired) electrons. The Balaban J connectivity index is 1.63. The number of sulfonamides is 1. The summed E-state index contributed by atoms with van der Waals surface area (Å²) < 4.78 is 111. The van der Waals surface area contributed by atoms with Gasteiger partial charge in [-0.2, -0.15) is 26.3 Å². The summed E-state index contributed by atoms with van der Waals surface area (Å²) in [6.07, 6.45) is -10.1. The van der Waals surface area contributed by atoms with Crippen LogP contribution in [0.3, 0.4) is 0 Å². The van der Waals surface area contributed by atoms with Crippen molar-refractivity contribution >= 4 is 21.6 Å². The van der Waals surface area contributed by atoms with Crippen molar-refractivity contribution in [3.63, 3.8) is 0 Å². The van der Waals surface area contributed by atoms with Crippen LogP contribution in [-0.2, 0) is 27.2 Å². The van der Waals surface area contributed by atoms with Gasteiger partial charge < -0.3 is 10.1 Å². The van der Waals surface area contributed by atoms with Gasteiger partial charge in [-0.15, -0.1) is 0 Å². The monoisotopic (exact) mass is 546 g/mol. The number of nitrogens with one attached hydrogen (secondary N) is 2. The smallest absolute Gasteiger partial charge is 0.416 e. The second-order valence-corrected chi connectivity index (χ2v) is 9.57. The third-order valence-corrected chi connectivity index (χ3v) is 6.56. The standard InChI is InChI=1S/C24H20F6N2O4S/c1-15(16-5-3-2-4-6-16)32-37(34,35)21-9-7-20(8-10-21)36-14-22(33)31-19-12-17(23(25,26)27)11-18(13-19)24(28,29)30/h2-13,15,32H,14H2,1H3,(H,31,33)/t15-/m0/s1. The van der Waals surface area contributed by atoms with Gasteiger partial charge in [0.1, 0.15) is 5.75 Å². The molecule has 198 valence electrons. The fraction of sp³-hybridized carbons (Fsp3) is 0.208. The van der Waals surface area contributed by atoms with E-state index in [9.17, 15) is 39.6 Å². The molecule has 0 unspecified atom stereocenters. The van der Waals surface area contributed by atoms with Gasteiger partial charge in [-0.1, -0.05) is 30.3 Å². The highest BCUT2D eigenvalue weighted by atomic mass is 32.2. The summed E-state index contributed by atoms with van der Waals surface area (Å²) in [7, 11) is -3.90. The minimum absolute atomic E-state index is 0.0465. The largest absolute Gasteiger partial charge is 0.484 e. The molecule has 0 heterocycles. The number of carbonyl (C=O) groups excluding carboxylic acids is 1. The number of amides is 1. The zero-order chi connectivity index (χ0) is 27.4. The van der Waals surface area contributed by atoms with Gasteiger partial charge in [0, 0.05) is 11.7 Å². The highest BCUT2D eigenvalue weighted by Crippen LogP contribution is 2.37. The lowest BCUT2D eigenvalue weighted by Gasteiger charge is -2.15. The maximum absolute atomic E-state index is 13.0. The summed E-state index contributed by atoms with van der Waals surface area (Å²) in [5.41, 5.74) is -3.12. The van der Waals surface area contributed by atoms with E-state index in [2.05, 4.69) is 4.72 Å². The van der Waals surface area contributed by atoms with Crippen LogP contribution in [0.2, 0.25) is 0 Å². The molecule has 0 aromatic heterocycles. The molecule has 0 saturated heterocycles. The fourth-order valence-electron chi connectivity index (χ4n) is 3.20. The van der Waals surface area contributed by atoms with Gasteiger partial charge in [0.15, 0.2) is 6.61 Å². The number of rotatable bonds is 8. The molecule has 3 rings (SSSR count). The molecule has 0 aliphatic rings. The van der Waals surface area contributed by atoms with Crippen molar-refractivity contribution in [2.45, 2.75) is 30.2 Å². The van der Waals surface area contributed by atoms with E-state index in [1.54, 1.807) is 37.3 Å². The Morgan fingerprint density at radius 1 is 0.865 bits per heavy atom. The van der Waals surface area contributed by atoms with Gasteiger partial charge in [-0.3, -0.25) is 4.79 Å². The number of anilines is 1. The second-order valence-electron chi connectivity index (χ2n) is 7.86. The minimum Gasteiger partial charge on any atom is -0.484 e. The lowest BCUT2D eigenvalue weighted by Crippen LogP contribution is -2.26. The Labute approximate surface area is 208 Å². The number of halogens is 6. The summed E-state index contributed by atoms with van der Waals surface area (Å²) >= 11 is 0. The van der Waals surface area contributed by atoms with Crippen LogP contribution in [0.4, 0.5) is 32.0 Å². The topological polar surface area (TPSA) is 84.5 Å². The first-order valence-corrected chi connectivity index (χ1v) is 12.0. The van der Waals surface area contributed by atoms with Gasteiger partial charge in [-0.25, -0.2) is 13.1 Å². The van der Waals surface area contributed by atoms with E-state index in [1.165, 1.54) is 24.3 Å². The quantitative estimate of drug-likeness (QED) is 0.351. The van der Waals surface area contributed by atoms with E-state index < -0.39 is 57.7 Å². The number of ether oxygens (including phenoxy) is 1. The van der Waals surface area contributed by atoms with Gasteiger partial charge in [-0.05, 0) is 55.0 Å². The third kappa shape index (κ3) is 7.70. The molecule has 1 amide bonds. The van der Waals surface area contributed by atoms with E-state index in [4.69, 9.17) is 4.74 Å². The second kappa shape index (κ2) is 10.8. The zero-order valence-electron chi connectivity index (χ0n) is 19.0. The SMILES string of the molecule is C[C@H](NS(=O)(=O)c1ccc(OCC(=O)Nc2cc(C(F)(F)F)cc(C(F)(F)F)c2)cc1)c1ccccc1. The molecular weight excluding hydrogens is 526 g/mol. The van der Waals surface area contributed by atoms with E-state index >= 15 is 0 Å². The Kier molecular flexibility index (Phi) is 8.18. The van der Waals surface area contributed by atoms with Crippen LogP contribution in [0, 0.1) is 0 Å². The molecule has 0 aliphatic heterocycles. The average molecular weight is 546 g/mol. The van der Waals surface area contributed by atoms with Gasteiger partial charge in [0.05, 0.1) is 16.0 Å². The van der Waals surface area contributed by atoms with E-state index in [0.29, 0.717) is 12.1 Å². The Morgan fingerprint density at radius 2 is 1.41 bits per heavy atom. The van der Waals surface area contributed by atoms with Crippen LogP contribution < -0.4 is 14.8 Å². The number of carbonyl (C=O) groups is 1. The number of alkyl halides is 6. The zero-order valence-corrected chi connectivity index (χ0v) is 19.8. The van der Waals surface area contributed by atoms with E-state index in [-0.39, 0.29) is 16.7 Å². The molecule has 0 saturated carbocycles. The van der Waals surface area contributed by atoms with Crippen molar-refractivity contribution in [1.29, 1.82) is 0 Å². The summed E-state index contributed by atoms with van der Waals surface area (Å²) in [6.45, 7) is 0.915. The highest BCUT2D eigenvalue weighted by Gasteiger charge is 2.37. The van der Waals surface area contributed by atoms with E-state index in [1.807, 2.05) is 5.32 Å². The van der Waals surface area contributed by atoms with Crippen LogP contribution in [0.15, 0.2) is 77.7 Å². The van der Waals surface area contributed by atoms with Crippen LogP contribution in [0.25, 0.3) is 0 Å². The van der Waals surface area contributed by atoms with Gasteiger partial charge >= 0.3 is 12.4 Å². The summed E-state index contributed by atoms with van der Waals surface area (Å²) in [5, 5.41) is 1.94. The maximum atomic E-state index is 13.0. The molecule has 37 heavy (non-hydrogen) atoms. The molecule has 0 aliphatic carbocycles. The number of hydrogen-bond donors (Lipinski definition) is 2. The van der Waals surface area contributed by atoms with Gasteiger partial charge in [0.25, 0.3) is 5.91 Å². The predicted octanol–water partition coefficient (Wildman–Crippen LogP) is 5.78. The van der Waals surface area contributed by atoms with Crippen LogP contribution in [-0.4, -0.2) is 20.9 Å². The first-order valence-electron chi connectivity index (χ1n) is 10.5. The Hall–Kier alpha value is -3.58. The first-order chi connectivity index (χ1) is 17.1. The van der Waals surface area contributed by atoms with Gasteiger partial charge in [0.2, 0.25) is 10.0 Å². The molecule has 2 N–H and O–H groups in total. The number of hydrogen-bond acceptors (Lipinski definition) is 4. The third-order valence-electron chi connectivity index (χ3n) is 5.01. The molecule has 13 heteroatoms. The molecule has 0 bridgehead atoms. The molecule has 0 fully saturated rings. The fourth-order valence-corrected chi connectivity index (χ4v) is 4.43. The summed E-state index contributed by atoms with van der Waals surface area (Å²) in [6, 6.07) is 14.0. The molecular formula is C24H20F6N2O4S. The lowest BCUT2D eigenvalue weighted by molar-refractivity contribution is -0.143. The Bertz CT molecular complexity index is 1310. The lowest BCUT2D eigenvalue weighted by atomic mass is 10.1. The van der Waals surface area contributed by atoms with Crippen molar-refractivity contribution in [2.24, 2.45) is 0 Å². The Morgan fingerprint density at radius 3 is 1.92 bits per heavy atom. The normalized spacial score (nSPS) is 13.2. The van der Waals surface area contributed by atoms with Crippen LogP contribution >= 0.6 is 0 Å². The van der Waals surface area contributed by atoms with Crippen molar-refractivity contribution < 1.29 is 44.3 Å². The molecule has 1 atom stereocenters. The molecule has 3 aromatic rings. The van der Waals surface area contributed by atoms with Crippen molar-refractivity contribution in [3.05, 3.63) is 89.5 Å².